The number of pyridine rings is 1. The van der Waals surface area contributed by atoms with Crippen molar-refractivity contribution >= 4 is 22.9 Å². The van der Waals surface area contributed by atoms with Crippen molar-refractivity contribution in [3.05, 3.63) is 29.4 Å². The third-order valence-corrected chi connectivity index (χ3v) is 1.67. The molecule has 0 aliphatic carbocycles. The predicted molar refractivity (Wildman–Crippen MR) is 44.6 cm³/mol. The molecule has 0 amide bonds. The van der Waals surface area contributed by atoms with Crippen LogP contribution in [-0.4, -0.2) is 9.61 Å². The van der Waals surface area contributed by atoms with Crippen LogP contribution < -0.4 is 5.73 Å². The van der Waals surface area contributed by atoms with E-state index in [-0.39, 0.29) is 0 Å². The van der Waals surface area contributed by atoms with Crippen LogP contribution in [0, 0.1) is 0 Å². The lowest BCUT2D eigenvalue weighted by Crippen LogP contribution is -1.87. The van der Waals surface area contributed by atoms with Gasteiger partial charge in [-0.05, 0) is 12.1 Å². The van der Waals surface area contributed by atoms with Crippen LogP contribution in [0.1, 0.15) is 0 Å². The fourth-order valence-electron chi connectivity index (χ4n) is 0.981. The second kappa shape index (κ2) is 2.13. The molecule has 0 aliphatic heterocycles. The van der Waals surface area contributed by atoms with Crippen molar-refractivity contribution in [1.82, 2.24) is 9.61 Å². The van der Waals surface area contributed by atoms with Crippen molar-refractivity contribution in [2.24, 2.45) is 0 Å². The second-order valence-electron chi connectivity index (χ2n) is 2.29. The van der Waals surface area contributed by atoms with Crippen LogP contribution in [0.25, 0.3) is 5.52 Å². The van der Waals surface area contributed by atoms with Crippen LogP contribution in [-0.2, 0) is 0 Å². The minimum absolute atomic E-state index is 0.507. The van der Waals surface area contributed by atoms with Gasteiger partial charge in [0.15, 0.2) is 0 Å². The molecule has 0 saturated carbocycles. The molecule has 3 nitrogen and oxygen atoms in total. The monoisotopic (exact) mass is 167 g/mol. The van der Waals surface area contributed by atoms with Crippen molar-refractivity contribution in [2.75, 3.05) is 5.73 Å². The summed E-state index contributed by atoms with van der Waals surface area (Å²) >= 11 is 5.73. The van der Waals surface area contributed by atoms with Gasteiger partial charge < -0.3 is 5.73 Å². The largest absolute Gasteiger partial charge is 0.382 e. The quantitative estimate of drug-likeness (QED) is 0.647. The average Bonchev–Trinajstić information content (AvgIpc) is 2.27. The van der Waals surface area contributed by atoms with Crippen molar-refractivity contribution in [1.29, 1.82) is 0 Å². The summed E-state index contributed by atoms with van der Waals surface area (Å²) in [5.41, 5.74) is 6.42. The maximum atomic E-state index is 5.73. The van der Waals surface area contributed by atoms with E-state index in [1.807, 2.05) is 6.07 Å². The summed E-state index contributed by atoms with van der Waals surface area (Å²) in [5, 5.41) is 4.64. The highest BCUT2D eigenvalue weighted by Gasteiger charge is 1.96. The number of nitrogen functional groups attached to an aromatic ring is 1. The SMILES string of the molecule is Nc1cc2ccc(Cl)cn2n1. The van der Waals surface area contributed by atoms with Gasteiger partial charge in [-0.1, -0.05) is 11.6 Å². The second-order valence-corrected chi connectivity index (χ2v) is 2.72. The number of hydrogen-bond donors (Lipinski definition) is 1. The summed E-state index contributed by atoms with van der Waals surface area (Å²) in [6.45, 7) is 0. The Bertz CT molecular complexity index is 393. The van der Waals surface area contributed by atoms with Gasteiger partial charge in [0.25, 0.3) is 0 Å². The molecule has 11 heavy (non-hydrogen) atoms. The van der Waals surface area contributed by atoms with Crippen LogP contribution in [0.15, 0.2) is 24.4 Å². The van der Waals surface area contributed by atoms with E-state index in [1.165, 1.54) is 0 Å². The molecule has 0 unspecified atom stereocenters. The van der Waals surface area contributed by atoms with Gasteiger partial charge in [-0.15, -0.1) is 0 Å². The number of hydrogen-bond acceptors (Lipinski definition) is 2. The van der Waals surface area contributed by atoms with Crippen molar-refractivity contribution in [3.8, 4) is 0 Å². The van der Waals surface area contributed by atoms with E-state index in [1.54, 1.807) is 22.8 Å². The molecule has 0 saturated heterocycles. The Hall–Kier alpha value is -1.22. The Kier molecular flexibility index (Phi) is 1.26. The highest BCUT2D eigenvalue weighted by Crippen LogP contribution is 2.12. The van der Waals surface area contributed by atoms with Crippen molar-refractivity contribution in [3.63, 3.8) is 0 Å². The van der Waals surface area contributed by atoms with Crippen LogP contribution in [0.2, 0.25) is 5.02 Å². The summed E-state index contributed by atoms with van der Waals surface area (Å²) in [5.74, 6) is 0.507. The first-order valence-electron chi connectivity index (χ1n) is 3.16. The van der Waals surface area contributed by atoms with Crippen molar-refractivity contribution < 1.29 is 0 Å². The minimum atomic E-state index is 0.507. The molecule has 0 aromatic carbocycles. The Labute approximate surface area is 68.4 Å². The van der Waals surface area contributed by atoms with E-state index in [4.69, 9.17) is 17.3 Å². The van der Waals surface area contributed by atoms with Crippen LogP contribution in [0.4, 0.5) is 5.82 Å². The van der Waals surface area contributed by atoms with Gasteiger partial charge in [-0.3, -0.25) is 0 Å². The lowest BCUT2D eigenvalue weighted by molar-refractivity contribution is 0.968. The number of anilines is 1. The number of aromatic nitrogens is 2. The molecule has 2 aromatic heterocycles. The Balaban J connectivity index is 2.82. The normalized spacial score (nSPS) is 10.6. The first kappa shape index (κ1) is 6.49. The molecule has 2 rings (SSSR count). The molecule has 2 aromatic rings. The van der Waals surface area contributed by atoms with Gasteiger partial charge in [-0.25, -0.2) is 4.52 Å². The van der Waals surface area contributed by atoms with Gasteiger partial charge in [0.05, 0.1) is 10.5 Å². The molecule has 4 heteroatoms. The molecular weight excluding hydrogens is 162 g/mol. The smallest absolute Gasteiger partial charge is 0.146 e. The minimum Gasteiger partial charge on any atom is -0.382 e. The van der Waals surface area contributed by atoms with E-state index in [2.05, 4.69) is 5.10 Å². The van der Waals surface area contributed by atoms with Gasteiger partial charge in [0, 0.05) is 12.3 Å². The molecule has 0 atom stereocenters. The summed E-state index contributed by atoms with van der Waals surface area (Å²) in [4.78, 5) is 0. The van der Waals surface area contributed by atoms with E-state index in [9.17, 15) is 0 Å². The third-order valence-electron chi connectivity index (χ3n) is 1.44. The van der Waals surface area contributed by atoms with Crippen LogP contribution in [0.5, 0.6) is 0 Å². The first-order chi connectivity index (χ1) is 5.25. The van der Waals surface area contributed by atoms with E-state index in [0.29, 0.717) is 10.8 Å². The fourth-order valence-corrected chi connectivity index (χ4v) is 1.14. The summed E-state index contributed by atoms with van der Waals surface area (Å²) < 4.78 is 1.65. The third kappa shape index (κ3) is 1.03. The molecular formula is C7H6ClN3. The Morgan fingerprint density at radius 3 is 3.09 bits per heavy atom. The van der Waals surface area contributed by atoms with Crippen LogP contribution >= 0.6 is 11.6 Å². The number of nitrogens with two attached hydrogens (primary N) is 1. The molecule has 2 N–H and O–H groups in total. The van der Waals surface area contributed by atoms with Gasteiger partial charge in [-0.2, -0.15) is 5.10 Å². The molecule has 2 heterocycles. The maximum Gasteiger partial charge on any atom is 0.146 e. The van der Waals surface area contributed by atoms with Crippen LogP contribution in [0.3, 0.4) is 0 Å². The predicted octanol–water partition coefficient (Wildman–Crippen LogP) is 1.57. The zero-order valence-corrected chi connectivity index (χ0v) is 6.42. The Morgan fingerprint density at radius 2 is 2.27 bits per heavy atom. The zero-order valence-electron chi connectivity index (χ0n) is 5.66. The standard InChI is InChI=1S/C7H6ClN3/c8-5-1-2-6-3-7(9)10-11(6)4-5/h1-4H,(H2,9,10). The highest BCUT2D eigenvalue weighted by atomic mass is 35.5. The number of halogens is 1. The lowest BCUT2D eigenvalue weighted by atomic mass is 10.4. The summed E-state index contributed by atoms with van der Waals surface area (Å²) in [6.07, 6.45) is 1.72. The number of fused-ring (bicyclic) bond motifs is 1. The first-order valence-corrected chi connectivity index (χ1v) is 3.54. The molecule has 56 valence electrons. The van der Waals surface area contributed by atoms with Gasteiger partial charge in [0.2, 0.25) is 0 Å². The van der Waals surface area contributed by atoms with E-state index in [0.717, 1.165) is 5.52 Å². The van der Waals surface area contributed by atoms with E-state index < -0.39 is 0 Å². The highest BCUT2D eigenvalue weighted by molar-refractivity contribution is 6.30. The molecule has 0 bridgehead atoms. The topological polar surface area (TPSA) is 43.3 Å². The van der Waals surface area contributed by atoms with Gasteiger partial charge >= 0.3 is 0 Å². The van der Waals surface area contributed by atoms with Gasteiger partial charge in [0.1, 0.15) is 5.82 Å². The molecule has 0 spiro atoms. The van der Waals surface area contributed by atoms with E-state index >= 15 is 0 Å². The summed E-state index contributed by atoms with van der Waals surface area (Å²) in [7, 11) is 0. The average molecular weight is 168 g/mol. The molecule has 0 radical (unpaired) electrons. The lowest BCUT2D eigenvalue weighted by Gasteiger charge is -1.91. The zero-order chi connectivity index (χ0) is 7.84. The van der Waals surface area contributed by atoms with Crippen molar-refractivity contribution in [2.45, 2.75) is 0 Å². The number of nitrogens with zero attached hydrogens (tertiary/aromatic N) is 2. The number of rotatable bonds is 0. The fraction of sp³-hybridized carbons (Fsp3) is 0. The Morgan fingerprint density at radius 1 is 1.45 bits per heavy atom. The molecule has 0 aliphatic rings. The summed E-state index contributed by atoms with van der Waals surface area (Å²) in [6, 6.07) is 5.46. The maximum absolute atomic E-state index is 5.73. The molecule has 0 fully saturated rings.